The average molecular weight is 303 g/mol. The Kier molecular flexibility index (Phi) is 4.01. The van der Waals surface area contributed by atoms with Crippen molar-refractivity contribution in [3.8, 4) is 5.88 Å². The summed E-state index contributed by atoms with van der Waals surface area (Å²) in [5.41, 5.74) is 1.32. The van der Waals surface area contributed by atoms with Gasteiger partial charge in [0, 0.05) is 31.5 Å². The van der Waals surface area contributed by atoms with Crippen molar-refractivity contribution in [2.45, 2.75) is 18.6 Å². The first-order valence-corrected chi connectivity index (χ1v) is 6.96. The zero-order valence-corrected chi connectivity index (χ0v) is 12.4. The minimum absolute atomic E-state index is 0.113. The number of amides is 1. The first-order valence-electron chi connectivity index (χ1n) is 6.96. The Bertz CT molecular complexity index is 655. The monoisotopic (exact) mass is 303 g/mol. The minimum atomic E-state index is -0.219. The molecule has 0 aliphatic carbocycles. The quantitative estimate of drug-likeness (QED) is 0.883. The Morgan fingerprint density at radius 1 is 1.45 bits per heavy atom. The van der Waals surface area contributed by atoms with Crippen LogP contribution in [0.15, 0.2) is 24.5 Å². The molecule has 8 nitrogen and oxygen atoms in total. The Balaban J connectivity index is 1.72. The number of ether oxygens (including phenoxy) is 2. The van der Waals surface area contributed by atoms with Gasteiger partial charge < -0.3 is 14.8 Å². The number of hydrogen-bond donors (Lipinski definition) is 1. The van der Waals surface area contributed by atoms with Gasteiger partial charge in [0.15, 0.2) is 0 Å². The van der Waals surface area contributed by atoms with Gasteiger partial charge >= 0.3 is 0 Å². The van der Waals surface area contributed by atoms with Crippen molar-refractivity contribution in [1.29, 1.82) is 0 Å². The molecule has 1 fully saturated rings. The van der Waals surface area contributed by atoms with E-state index < -0.39 is 0 Å². The van der Waals surface area contributed by atoms with Crippen molar-refractivity contribution in [3.05, 3.63) is 35.8 Å². The smallest absolute Gasteiger partial charge is 0.271 e. The van der Waals surface area contributed by atoms with Crippen LogP contribution in [0.3, 0.4) is 0 Å². The molecule has 3 heterocycles. The molecule has 0 aromatic carbocycles. The number of nitrogens with zero attached hydrogens (tertiary/aromatic N) is 4. The maximum atomic E-state index is 12.3. The summed E-state index contributed by atoms with van der Waals surface area (Å²) in [6, 6.07) is 3.56. The van der Waals surface area contributed by atoms with Gasteiger partial charge in [-0.05, 0) is 12.5 Å². The molecule has 0 unspecified atom stereocenters. The molecule has 116 valence electrons. The normalized spacial score (nSPS) is 20.8. The summed E-state index contributed by atoms with van der Waals surface area (Å²) in [6.45, 7) is 0.589. The van der Waals surface area contributed by atoms with Crippen molar-refractivity contribution < 1.29 is 14.3 Å². The van der Waals surface area contributed by atoms with Crippen LogP contribution < -0.4 is 10.1 Å². The van der Waals surface area contributed by atoms with E-state index in [9.17, 15) is 4.79 Å². The molecule has 1 aliphatic rings. The number of pyridine rings is 1. The van der Waals surface area contributed by atoms with Gasteiger partial charge in [-0.15, -0.1) is 5.10 Å². The van der Waals surface area contributed by atoms with Gasteiger partial charge in [0.25, 0.3) is 5.91 Å². The van der Waals surface area contributed by atoms with Gasteiger partial charge in [0.1, 0.15) is 11.8 Å². The fourth-order valence-corrected chi connectivity index (χ4v) is 2.48. The molecule has 1 aliphatic heterocycles. The summed E-state index contributed by atoms with van der Waals surface area (Å²) in [6.07, 6.45) is 3.67. The molecular weight excluding hydrogens is 286 g/mol. The van der Waals surface area contributed by atoms with E-state index in [0.717, 1.165) is 12.0 Å². The molecule has 8 heteroatoms. The Morgan fingerprint density at radius 2 is 2.32 bits per heavy atom. The maximum Gasteiger partial charge on any atom is 0.271 e. The third kappa shape index (κ3) is 2.77. The van der Waals surface area contributed by atoms with Crippen LogP contribution in [0.1, 0.15) is 28.6 Å². The fourth-order valence-electron chi connectivity index (χ4n) is 2.48. The summed E-state index contributed by atoms with van der Waals surface area (Å²) in [5.74, 6) is 0.331. The van der Waals surface area contributed by atoms with Crippen LogP contribution in [0.4, 0.5) is 0 Å². The molecule has 0 radical (unpaired) electrons. The lowest BCUT2D eigenvalue weighted by atomic mass is 10.0. The van der Waals surface area contributed by atoms with Gasteiger partial charge in [0.2, 0.25) is 5.88 Å². The summed E-state index contributed by atoms with van der Waals surface area (Å²) in [5, 5.41) is 10.4. The Morgan fingerprint density at radius 3 is 2.95 bits per heavy atom. The largest absolute Gasteiger partial charge is 0.481 e. The van der Waals surface area contributed by atoms with E-state index >= 15 is 0 Å². The van der Waals surface area contributed by atoms with Crippen molar-refractivity contribution >= 4 is 5.91 Å². The van der Waals surface area contributed by atoms with Crippen LogP contribution in [0.5, 0.6) is 5.88 Å². The van der Waals surface area contributed by atoms with Gasteiger partial charge in [0.05, 0.1) is 19.3 Å². The van der Waals surface area contributed by atoms with Crippen LogP contribution in [-0.4, -0.2) is 45.6 Å². The van der Waals surface area contributed by atoms with Crippen LogP contribution in [0.25, 0.3) is 0 Å². The molecule has 3 rings (SSSR count). The zero-order chi connectivity index (χ0) is 15.5. The van der Waals surface area contributed by atoms with E-state index in [0.29, 0.717) is 18.2 Å². The van der Waals surface area contributed by atoms with Gasteiger partial charge in [-0.1, -0.05) is 5.21 Å². The third-order valence-corrected chi connectivity index (χ3v) is 3.65. The van der Waals surface area contributed by atoms with Crippen LogP contribution in [-0.2, 0) is 11.8 Å². The highest BCUT2D eigenvalue weighted by atomic mass is 16.5. The molecule has 0 saturated carbocycles. The fraction of sp³-hybridized carbons (Fsp3) is 0.429. The second kappa shape index (κ2) is 6.10. The number of rotatable bonds is 4. The molecule has 1 saturated heterocycles. The minimum Gasteiger partial charge on any atom is -0.481 e. The molecule has 2 aromatic heterocycles. The lowest BCUT2D eigenvalue weighted by Crippen LogP contribution is -2.37. The number of carbonyl (C=O) groups excluding carboxylic acids is 1. The number of aryl methyl sites for hydroxylation is 1. The van der Waals surface area contributed by atoms with Gasteiger partial charge in [-0.2, -0.15) is 0 Å². The molecule has 2 atom stereocenters. The van der Waals surface area contributed by atoms with E-state index in [1.807, 2.05) is 6.07 Å². The number of aromatic nitrogens is 4. The summed E-state index contributed by atoms with van der Waals surface area (Å²) >= 11 is 0. The summed E-state index contributed by atoms with van der Waals surface area (Å²) in [4.78, 5) is 16.4. The molecule has 0 bridgehead atoms. The topological polar surface area (TPSA) is 91.2 Å². The average Bonchev–Trinajstić information content (AvgIpc) is 3.16. The molecule has 1 amide bonds. The standard InChI is InChI=1S/C14H17N5O3/c1-19-11(8-16-18-19)14(20)17-10-5-6-22-13(10)9-3-4-12(21-2)15-7-9/h3-4,7-8,10,13H,5-6H2,1-2H3,(H,17,20)/t10-,13+/m0/s1. The first-order chi connectivity index (χ1) is 10.7. The van der Waals surface area contributed by atoms with Gasteiger partial charge in [-0.25, -0.2) is 9.67 Å². The third-order valence-electron chi connectivity index (χ3n) is 3.65. The number of methoxy groups -OCH3 is 1. The van der Waals surface area contributed by atoms with Crippen LogP contribution in [0.2, 0.25) is 0 Å². The lowest BCUT2D eigenvalue weighted by Gasteiger charge is -2.20. The SMILES string of the molecule is COc1ccc([C@H]2OCC[C@@H]2NC(=O)c2cnnn2C)cn1. The van der Waals surface area contributed by atoms with Crippen molar-refractivity contribution in [3.63, 3.8) is 0 Å². The van der Waals surface area contributed by atoms with E-state index in [1.54, 1.807) is 26.4 Å². The lowest BCUT2D eigenvalue weighted by molar-refractivity contribution is 0.0813. The van der Waals surface area contributed by atoms with E-state index in [2.05, 4.69) is 20.6 Å². The van der Waals surface area contributed by atoms with Crippen molar-refractivity contribution in [2.75, 3.05) is 13.7 Å². The summed E-state index contributed by atoms with van der Waals surface area (Å²) < 4.78 is 12.2. The molecule has 1 N–H and O–H groups in total. The molecule has 0 spiro atoms. The molecule has 2 aromatic rings. The summed E-state index contributed by atoms with van der Waals surface area (Å²) in [7, 11) is 3.25. The zero-order valence-electron chi connectivity index (χ0n) is 12.4. The highest BCUT2D eigenvalue weighted by Gasteiger charge is 2.32. The van der Waals surface area contributed by atoms with Crippen molar-refractivity contribution in [2.24, 2.45) is 7.05 Å². The number of carbonyl (C=O) groups is 1. The molecular formula is C14H17N5O3. The van der Waals surface area contributed by atoms with Crippen LogP contribution in [0, 0.1) is 0 Å². The first kappa shape index (κ1) is 14.5. The Hall–Kier alpha value is -2.48. The van der Waals surface area contributed by atoms with E-state index in [4.69, 9.17) is 9.47 Å². The predicted molar refractivity (Wildman–Crippen MR) is 76.4 cm³/mol. The predicted octanol–water partition coefficient (Wildman–Crippen LogP) is 0.479. The highest BCUT2D eigenvalue weighted by Crippen LogP contribution is 2.29. The Labute approximate surface area is 127 Å². The number of hydrogen-bond acceptors (Lipinski definition) is 6. The van der Waals surface area contributed by atoms with E-state index in [-0.39, 0.29) is 18.1 Å². The number of nitrogens with one attached hydrogen (secondary N) is 1. The second-order valence-corrected chi connectivity index (χ2v) is 5.04. The van der Waals surface area contributed by atoms with Gasteiger partial charge in [-0.3, -0.25) is 4.79 Å². The molecule has 22 heavy (non-hydrogen) atoms. The van der Waals surface area contributed by atoms with Crippen molar-refractivity contribution in [1.82, 2.24) is 25.3 Å². The second-order valence-electron chi connectivity index (χ2n) is 5.04. The maximum absolute atomic E-state index is 12.3. The van der Waals surface area contributed by atoms with Crippen LogP contribution >= 0.6 is 0 Å². The van der Waals surface area contributed by atoms with E-state index in [1.165, 1.54) is 10.9 Å². The highest BCUT2D eigenvalue weighted by molar-refractivity contribution is 5.92.